The van der Waals surface area contributed by atoms with Crippen LogP contribution in [0.5, 0.6) is 5.75 Å². The lowest BCUT2D eigenvalue weighted by molar-refractivity contribution is 0.0481. The molecule has 7 nitrogen and oxygen atoms in total. The number of aliphatic hydroxyl groups excluding tert-OH is 2. The van der Waals surface area contributed by atoms with Gasteiger partial charge in [-0.05, 0) is 24.3 Å². The Bertz CT molecular complexity index is 952. The van der Waals surface area contributed by atoms with Crippen LogP contribution >= 0.6 is 0 Å². The molecule has 0 aliphatic carbocycles. The van der Waals surface area contributed by atoms with Gasteiger partial charge in [-0.1, -0.05) is 38.1 Å². The van der Waals surface area contributed by atoms with E-state index < -0.39 is 12.1 Å². The van der Waals surface area contributed by atoms with E-state index >= 15 is 0 Å². The van der Waals surface area contributed by atoms with E-state index in [1.165, 1.54) is 4.73 Å². The zero-order valence-corrected chi connectivity index (χ0v) is 16.5. The normalized spacial score (nSPS) is 12.3. The summed E-state index contributed by atoms with van der Waals surface area (Å²) >= 11 is 0. The zero-order chi connectivity index (χ0) is 20.8. The van der Waals surface area contributed by atoms with Crippen LogP contribution in [-0.2, 0) is 6.61 Å². The minimum atomic E-state index is -0.678. The standard InChI is InChI=1S/C22H26N2O5/c1-15(2)23-11-18(26)14-28-20-10-6-9-19-21(20)17(13-25)12-24(19)29-22(27)16-7-4-3-5-8-16/h3-10,12,15,18,23,25-26H,11,13-14H2,1-2H3. The van der Waals surface area contributed by atoms with Crippen LogP contribution in [0.3, 0.4) is 0 Å². The van der Waals surface area contributed by atoms with Gasteiger partial charge in [0.15, 0.2) is 0 Å². The molecule has 0 saturated carbocycles. The highest BCUT2D eigenvalue weighted by atomic mass is 16.7. The Morgan fingerprint density at radius 1 is 1.14 bits per heavy atom. The fourth-order valence-corrected chi connectivity index (χ4v) is 2.95. The Kier molecular flexibility index (Phi) is 6.87. The summed E-state index contributed by atoms with van der Waals surface area (Å²) in [5.41, 5.74) is 1.57. The molecule has 0 saturated heterocycles. The molecule has 0 radical (unpaired) electrons. The van der Waals surface area contributed by atoms with Crippen LogP contribution in [0.25, 0.3) is 10.9 Å². The number of fused-ring (bicyclic) bond motifs is 1. The first-order valence-corrected chi connectivity index (χ1v) is 9.55. The molecule has 0 fully saturated rings. The van der Waals surface area contributed by atoms with Crippen molar-refractivity contribution in [2.45, 2.75) is 32.6 Å². The van der Waals surface area contributed by atoms with Crippen LogP contribution in [0.4, 0.5) is 0 Å². The quantitative estimate of drug-likeness (QED) is 0.511. The van der Waals surface area contributed by atoms with Crippen LogP contribution in [0.1, 0.15) is 29.8 Å². The fourth-order valence-electron chi connectivity index (χ4n) is 2.95. The molecule has 3 rings (SSSR count). The van der Waals surface area contributed by atoms with Gasteiger partial charge >= 0.3 is 5.97 Å². The highest BCUT2D eigenvalue weighted by Crippen LogP contribution is 2.30. The second kappa shape index (κ2) is 9.56. The molecule has 1 aromatic heterocycles. The summed E-state index contributed by atoms with van der Waals surface area (Å²) in [6, 6.07) is 14.2. The summed E-state index contributed by atoms with van der Waals surface area (Å²) in [6.07, 6.45) is 0.887. The van der Waals surface area contributed by atoms with Crippen molar-refractivity contribution >= 4 is 16.9 Å². The largest absolute Gasteiger partial charge is 0.490 e. The molecule has 0 spiro atoms. The summed E-state index contributed by atoms with van der Waals surface area (Å²) in [5.74, 6) is -0.00171. The molecule has 3 aromatic rings. The lowest BCUT2D eigenvalue weighted by atomic mass is 10.1. The highest BCUT2D eigenvalue weighted by Gasteiger charge is 2.17. The van der Waals surface area contributed by atoms with E-state index in [-0.39, 0.29) is 19.3 Å². The van der Waals surface area contributed by atoms with Crippen molar-refractivity contribution in [3.8, 4) is 5.75 Å². The van der Waals surface area contributed by atoms with E-state index in [0.717, 1.165) is 0 Å². The molecule has 0 aliphatic rings. The number of aliphatic hydroxyl groups is 2. The first kappa shape index (κ1) is 20.9. The molecule has 1 heterocycles. The van der Waals surface area contributed by atoms with Gasteiger partial charge in [-0.2, -0.15) is 4.73 Å². The maximum absolute atomic E-state index is 12.4. The molecule has 0 aliphatic heterocycles. The second-order valence-electron chi connectivity index (χ2n) is 7.06. The minimum Gasteiger partial charge on any atom is -0.490 e. The topological polar surface area (TPSA) is 93.0 Å². The number of rotatable bonds is 9. The highest BCUT2D eigenvalue weighted by molar-refractivity contribution is 5.92. The van der Waals surface area contributed by atoms with Gasteiger partial charge in [0.1, 0.15) is 18.5 Å². The van der Waals surface area contributed by atoms with Crippen LogP contribution < -0.4 is 14.9 Å². The molecule has 7 heteroatoms. The number of ether oxygens (including phenoxy) is 1. The summed E-state index contributed by atoms with van der Waals surface area (Å²) in [6.45, 7) is 4.27. The van der Waals surface area contributed by atoms with Crippen molar-refractivity contribution in [2.75, 3.05) is 13.2 Å². The number of nitrogens with one attached hydrogen (secondary N) is 1. The lowest BCUT2D eigenvalue weighted by Crippen LogP contribution is -2.35. The predicted molar refractivity (Wildman–Crippen MR) is 110 cm³/mol. The number of carbonyl (C=O) groups excluding carboxylic acids is 1. The van der Waals surface area contributed by atoms with Crippen LogP contribution in [-0.4, -0.2) is 46.2 Å². The molecular weight excluding hydrogens is 372 g/mol. The van der Waals surface area contributed by atoms with Crippen molar-refractivity contribution in [2.24, 2.45) is 0 Å². The predicted octanol–water partition coefficient (Wildman–Crippen LogP) is 2.14. The summed E-state index contributed by atoms with van der Waals surface area (Å²) in [4.78, 5) is 17.9. The van der Waals surface area contributed by atoms with Gasteiger partial charge in [0.2, 0.25) is 0 Å². The van der Waals surface area contributed by atoms with Crippen LogP contribution in [0.2, 0.25) is 0 Å². The molecule has 2 aromatic carbocycles. The van der Waals surface area contributed by atoms with E-state index in [1.54, 1.807) is 48.7 Å². The number of hydrogen-bond acceptors (Lipinski definition) is 6. The van der Waals surface area contributed by atoms with Crippen molar-refractivity contribution < 1.29 is 24.6 Å². The molecule has 0 amide bonds. The molecule has 29 heavy (non-hydrogen) atoms. The molecule has 1 atom stereocenters. The first-order valence-electron chi connectivity index (χ1n) is 9.55. The Morgan fingerprint density at radius 3 is 2.59 bits per heavy atom. The summed E-state index contributed by atoms with van der Waals surface area (Å²) in [5, 5.41) is 23.7. The monoisotopic (exact) mass is 398 g/mol. The Morgan fingerprint density at radius 2 is 1.90 bits per heavy atom. The third-order valence-electron chi connectivity index (χ3n) is 4.39. The van der Waals surface area contributed by atoms with Crippen LogP contribution in [0, 0.1) is 0 Å². The average molecular weight is 398 g/mol. The second-order valence-corrected chi connectivity index (χ2v) is 7.06. The van der Waals surface area contributed by atoms with Gasteiger partial charge in [-0.25, -0.2) is 4.79 Å². The lowest BCUT2D eigenvalue weighted by Gasteiger charge is -2.16. The van der Waals surface area contributed by atoms with Gasteiger partial charge in [0, 0.05) is 18.2 Å². The third kappa shape index (κ3) is 5.14. The van der Waals surface area contributed by atoms with Gasteiger partial charge in [-0.3, -0.25) is 0 Å². The van der Waals surface area contributed by atoms with Gasteiger partial charge in [0.05, 0.1) is 29.3 Å². The number of benzene rings is 2. The molecule has 154 valence electrons. The van der Waals surface area contributed by atoms with E-state index in [2.05, 4.69) is 5.32 Å². The zero-order valence-electron chi connectivity index (χ0n) is 16.5. The molecule has 1 unspecified atom stereocenters. The maximum atomic E-state index is 12.4. The van der Waals surface area contributed by atoms with E-state index in [9.17, 15) is 15.0 Å². The average Bonchev–Trinajstić information content (AvgIpc) is 3.09. The SMILES string of the molecule is CC(C)NCC(O)COc1cccc2c1c(CO)cn2OC(=O)c1ccccc1. The van der Waals surface area contributed by atoms with Crippen molar-refractivity contribution in [1.29, 1.82) is 0 Å². The smallest absolute Gasteiger partial charge is 0.363 e. The maximum Gasteiger partial charge on any atom is 0.363 e. The van der Waals surface area contributed by atoms with Crippen molar-refractivity contribution in [3.05, 3.63) is 65.9 Å². The van der Waals surface area contributed by atoms with Crippen molar-refractivity contribution in [3.63, 3.8) is 0 Å². The van der Waals surface area contributed by atoms with Gasteiger partial charge in [0.25, 0.3) is 0 Å². The fraction of sp³-hybridized carbons (Fsp3) is 0.318. The minimum absolute atomic E-state index is 0.0959. The van der Waals surface area contributed by atoms with Gasteiger partial charge < -0.3 is 25.1 Å². The molecule has 3 N–H and O–H groups in total. The number of carbonyl (C=O) groups is 1. The Labute approximate surface area is 169 Å². The molecule has 0 bridgehead atoms. The molecular formula is C22H26N2O5. The summed E-state index contributed by atoms with van der Waals surface area (Å²) in [7, 11) is 0. The van der Waals surface area contributed by atoms with Gasteiger partial charge in [-0.15, -0.1) is 0 Å². The number of aromatic nitrogens is 1. The Hall–Kier alpha value is -2.87. The third-order valence-corrected chi connectivity index (χ3v) is 4.39. The number of hydrogen-bond donors (Lipinski definition) is 3. The van der Waals surface area contributed by atoms with E-state index in [4.69, 9.17) is 9.57 Å². The summed E-state index contributed by atoms with van der Waals surface area (Å²) < 4.78 is 7.14. The van der Waals surface area contributed by atoms with Crippen molar-refractivity contribution in [1.82, 2.24) is 10.0 Å². The number of nitrogens with zero attached hydrogens (tertiary/aromatic N) is 1. The Balaban J connectivity index is 1.81. The van der Waals surface area contributed by atoms with Crippen LogP contribution in [0.15, 0.2) is 54.7 Å². The first-order chi connectivity index (χ1) is 14.0. The van der Waals surface area contributed by atoms with E-state index in [0.29, 0.717) is 34.3 Å². The van der Waals surface area contributed by atoms with E-state index in [1.807, 2.05) is 19.9 Å².